The number of benzene rings is 2. The monoisotopic (exact) mass is 456 g/mol. The fourth-order valence-corrected chi connectivity index (χ4v) is 3.96. The number of rotatable bonds is 5. The topological polar surface area (TPSA) is 56.4 Å². The number of hydrogen-bond donors (Lipinski definition) is 1. The third kappa shape index (κ3) is 3.09. The molecule has 0 radical (unpaired) electrons. The van der Waals surface area contributed by atoms with Crippen LogP contribution in [-0.4, -0.2) is 28.5 Å². The van der Waals surface area contributed by atoms with Crippen LogP contribution >= 0.6 is 15.9 Å². The minimum Gasteiger partial charge on any atom is -0.489 e. The van der Waals surface area contributed by atoms with Crippen molar-refractivity contribution in [1.29, 1.82) is 0 Å². The summed E-state index contributed by atoms with van der Waals surface area (Å²) in [5, 5.41) is 2.06. The molecule has 29 heavy (non-hydrogen) atoms. The zero-order chi connectivity index (χ0) is 20.0. The van der Waals surface area contributed by atoms with E-state index < -0.39 is 0 Å². The summed E-state index contributed by atoms with van der Waals surface area (Å²) in [5.74, 6) is 1.73. The van der Waals surface area contributed by atoms with Crippen LogP contribution in [0.25, 0.3) is 21.8 Å². The highest BCUT2D eigenvalue weighted by molar-refractivity contribution is 9.09. The normalized spacial score (nSPS) is 12.9. The number of aryl methyl sites for hydroxylation is 1. The molecule has 2 aromatic heterocycles. The molecule has 0 fully saturated rings. The number of fused-ring (bicyclic) bond motifs is 4. The Balaban J connectivity index is 1.63. The number of nitrogens with zero attached hydrogens (tertiary/aromatic N) is 1. The second-order valence-corrected chi connectivity index (χ2v) is 7.71. The number of pyridine rings is 1. The van der Waals surface area contributed by atoms with Crippen molar-refractivity contribution in [3.63, 3.8) is 0 Å². The van der Waals surface area contributed by atoms with Crippen molar-refractivity contribution in [3.8, 4) is 23.0 Å². The van der Waals surface area contributed by atoms with Gasteiger partial charge >= 0.3 is 0 Å². The fourth-order valence-electron chi connectivity index (χ4n) is 3.80. The van der Waals surface area contributed by atoms with E-state index in [1.807, 2.05) is 19.1 Å². The van der Waals surface area contributed by atoms with Crippen LogP contribution in [0, 0.1) is 12.7 Å². The van der Waals surface area contributed by atoms with Crippen molar-refractivity contribution in [2.75, 3.05) is 18.5 Å². The predicted octanol–water partition coefficient (Wildman–Crippen LogP) is 5.66. The van der Waals surface area contributed by atoms with Gasteiger partial charge in [-0.25, -0.2) is 4.39 Å². The van der Waals surface area contributed by atoms with Gasteiger partial charge in [-0.05, 0) is 31.2 Å². The first-order valence-corrected chi connectivity index (χ1v) is 10.5. The minimum atomic E-state index is -0.387. The highest BCUT2D eigenvalue weighted by Crippen LogP contribution is 2.45. The lowest BCUT2D eigenvalue weighted by Crippen LogP contribution is -2.00. The number of hydrogen-bond acceptors (Lipinski definition) is 4. The van der Waals surface area contributed by atoms with Crippen LogP contribution in [0.2, 0.25) is 0 Å². The van der Waals surface area contributed by atoms with Gasteiger partial charge in [0.1, 0.15) is 5.75 Å². The molecule has 5 rings (SSSR count). The van der Waals surface area contributed by atoms with E-state index in [4.69, 9.17) is 14.2 Å². The molecule has 3 heterocycles. The molecule has 2 aromatic carbocycles. The van der Waals surface area contributed by atoms with E-state index in [0.717, 1.165) is 39.4 Å². The highest BCUT2D eigenvalue weighted by Gasteiger charge is 2.24. The summed E-state index contributed by atoms with van der Waals surface area (Å²) in [4.78, 5) is 7.62. The maximum Gasteiger partial charge on any atom is 0.175 e. The van der Waals surface area contributed by atoms with Gasteiger partial charge in [0.2, 0.25) is 0 Å². The third-order valence-corrected chi connectivity index (χ3v) is 5.32. The van der Waals surface area contributed by atoms with Crippen molar-refractivity contribution in [1.82, 2.24) is 9.97 Å². The summed E-state index contributed by atoms with van der Waals surface area (Å²) in [5.41, 5.74) is 3.36. The Labute approximate surface area is 174 Å². The van der Waals surface area contributed by atoms with Gasteiger partial charge < -0.3 is 19.2 Å². The summed E-state index contributed by atoms with van der Waals surface area (Å²) in [6, 6.07) is 8.85. The van der Waals surface area contributed by atoms with E-state index in [2.05, 4.69) is 25.9 Å². The van der Waals surface area contributed by atoms with E-state index in [0.29, 0.717) is 35.8 Å². The Morgan fingerprint density at radius 2 is 2.10 bits per heavy atom. The van der Waals surface area contributed by atoms with E-state index in [-0.39, 0.29) is 11.6 Å². The van der Waals surface area contributed by atoms with Crippen molar-refractivity contribution in [3.05, 3.63) is 53.6 Å². The van der Waals surface area contributed by atoms with Crippen LogP contribution in [0.4, 0.5) is 4.39 Å². The second-order valence-electron chi connectivity index (χ2n) is 6.91. The molecule has 1 N–H and O–H groups in total. The molecule has 7 heteroatoms. The number of nitrogens with one attached hydrogen (secondary N) is 1. The SMILES string of the molecule is Cc1cc2c(F)c(Oc3ccnc4cc(OCCBr)c5c(c34)CCO5)ccc2[nH]1. The van der Waals surface area contributed by atoms with Crippen molar-refractivity contribution in [2.45, 2.75) is 13.3 Å². The van der Waals surface area contributed by atoms with Gasteiger partial charge in [-0.15, -0.1) is 0 Å². The average Bonchev–Trinajstić information content (AvgIpc) is 3.35. The lowest BCUT2D eigenvalue weighted by molar-refractivity contribution is 0.301. The van der Waals surface area contributed by atoms with E-state index in [1.54, 1.807) is 24.4 Å². The smallest absolute Gasteiger partial charge is 0.175 e. The van der Waals surface area contributed by atoms with E-state index >= 15 is 4.39 Å². The first-order valence-electron chi connectivity index (χ1n) is 9.37. The zero-order valence-corrected chi connectivity index (χ0v) is 17.3. The van der Waals surface area contributed by atoms with Crippen LogP contribution in [0.3, 0.4) is 0 Å². The van der Waals surface area contributed by atoms with Crippen molar-refractivity contribution in [2.24, 2.45) is 0 Å². The summed E-state index contributed by atoms with van der Waals surface area (Å²) in [6.07, 6.45) is 2.38. The molecule has 4 aromatic rings. The largest absolute Gasteiger partial charge is 0.489 e. The Morgan fingerprint density at radius 1 is 1.21 bits per heavy atom. The average molecular weight is 457 g/mol. The molecule has 5 nitrogen and oxygen atoms in total. The van der Waals surface area contributed by atoms with E-state index in [1.165, 1.54) is 0 Å². The molecular formula is C22H18BrFN2O3. The van der Waals surface area contributed by atoms with Gasteiger partial charge in [-0.2, -0.15) is 0 Å². The Morgan fingerprint density at radius 3 is 2.97 bits per heavy atom. The lowest BCUT2D eigenvalue weighted by atomic mass is 10.0. The number of ether oxygens (including phenoxy) is 3. The van der Waals surface area contributed by atoms with Crippen LogP contribution < -0.4 is 14.2 Å². The maximum absolute atomic E-state index is 15.0. The van der Waals surface area contributed by atoms with Crippen molar-refractivity contribution < 1.29 is 18.6 Å². The second kappa shape index (κ2) is 7.22. The number of halogens is 2. The Hall–Kier alpha value is -2.80. The summed E-state index contributed by atoms with van der Waals surface area (Å²) < 4.78 is 32.7. The van der Waals surface area contributed by atoms with Crippen LogP contribution in [0.5, 0.6) is 23.0 Å². The molecule has 1 aliphatic rings. The number of aromatic amines is 1. The van der Waals surface area contributed by atoms with Gasteiger partial charge in [0, 0.05) is 46.2 Å². The first-order chi connectivity index (χ1) is 14.2. The molecule has 0 spiro atoms. The quantitative estimate of drug-likeness (QED) is 0.393. The van der Waals surface area contributed by atoms with Crippen molar-refractivity contribution >= 4 is 37.7 Å². The van der Waals surface area contributed by atoms with E-state index in [9.17, 15) is 0 Å². The van der Waals surface area contributed by atoms with Gasteiger partial charge in [0.05, 0.1) is 24.1 Å². The minimum absolute atomic E-state index is 0.177. The predicted molar refractivity (Wildman–Crippen MR) is 113 cm³/mol. The van der Waals surface area contributed by atoms with Crippen LogP contribution in [-0.2, 0) is 6.42 Å². The summed E-state index contributed by atoms with van der Waals surface area (Å²) >= 11 is 3.37. The number of alkyl halides is 1. The molecule has 1 aliphatic heterocycles. The molecular weight excluding hydrogens is 439 g/mol. The number of H-pyrrole nitrogens is 1. The van der Waals surface area contributed by atoms with Gasteiger partial charge in [-0.1, -0.05) is 15.9 Å². The Kier molecular flexibility index (Phi) is 4.54. The standard InChI is InChI=1S/C22H18BrFN2O3/c1-12-10-14-15(26-12)2-3-18(21(14)24)29-17-4-7-25-16-11-19(27-9-6-23)22-13(20(16)17)5-8-28-22/h2-4,7,10-11,26H,5-6,8-9H2,1H3. The zero-order valence-electron chi connectivity index (χ0n) is 15.7. The van der Waals surface area contributed by atoms with Gasteiger partial charge in [0.25, 0.3) is 0 Å². The first kappa shape index (κ1) is 18.2. The molecule has 0 bridgehead atoms. The summed E-state index contributed by atoms with van der Waals surface area (Å²) in [6.45, 7) is 2.99. The molecule has 0 aliphatic carbocycles. The highest BCUT2D eigenvalue weighted by atomic mass is 79.9. The van der Waals surface area contributed by atoms with Crippen LogP contribution in [0.1, 0.15) is 11.3 Å². The van der Waals surface area contributed by atoms with Gasteiger partial charge in [-0.3, -0.25) is 4.98 Å². The summed E-state index contributed by atoms with van der Waals surface area (Å²) in [7, 11) is 0. The molecule has 0 amide bonds. The Bertz CT molecular complexity index is 1240. The van der Waals surface area contributed by atoms with Gasteiger partial charge in [0.15, 0.2) is 23.1 Å². The molecule has 0 unspecified atom stereocenters. The lowest BCUT2D eigenvalue weighted by Gasteiger charge is -2.15. The maximum atomic E-state index is 15.0. The third-order valence-electron chi connectivity index (χ3n) is 5.00. The molecule has 0 atom stereocenters. The molecule has 148 valence electrons. The molecule has 0 saturated carbocycles. The molecule has 0 saturated heterocycles. The fraction of sp³-hybridized carbons (Fsp3) is 0.227. The number of aromatic nitrogens is 2. The van der Waals surface area contributed by atoms with Crippen LogP contribution in [0.15, 0.2) is 36.5 Å².